The summed E-state index contributed by atoms with van der Waals surface area (Å²) < 4.78 is 0. The van der Waals surface area contributed by atoms with E-state index in [1.165, 1.54) is 4.90 Å². The first-order valence-electron chi connectivity index (χ1n) is 7.45. The summed E-state index contributed by atoms with van der Waals surface area (Å²) in [5.41, 5.74) is 2.21. The van der Waals surface area contributed by atoms with E-state index in [2.05, 4.69) is 5.16 Å². The van der Waals surface area contributed by atoms with Crippen molar-refractivity contribution < 1.29 is 14.4 Å². The second-order valence-electron chi connectivity index (χ2n) is 5.60. The predicted octanol–water partition coefficient (Wildman–Crippen LogP) is 2.17. The minimum Gasteiger partial charge on any atom is -0.381 e. The summed E-state index contributed by atoms with van der Waals surface area (Å²) in [6, 6.07) is 18.6. The van der Waals surface area contributed by atoms with Crippen LogP contribution in [0.4, 0.5) is 5.69 Å². The number of hydrogen-bond acceptors (Lipinski definition) is 4. The fourth-order valence-corrected chi connectivity index (χ4v) is 3.03. The maximum absolute atomic E-state index is 12.7. The van der Waals surface area contributed by atoms with E-state index in [-0.39, 0.29) is 11.8 Å². The molecule has 2 atom stereocenters. The first-order chi connectivity index (χ1) is 11.3. The molecule has 1 fully saturated rings. The van der Waals surface area contributed by atoms with E-state index in [1.807, 2.05) is 36.4 Å². The largest absolute Gasteiger partial charge is 0.381 e. The SMILES string of the molecule is O=C1C2ON=C(Cc3ccccc3)C2C(=O)N1c1ccccc1. The van der Waals surface area contributed by atoms with Crippen LogP contribution >= 0.6 is 0 Å². The number of carbonyl (C=O) groups excluding carboxylic acids is 2. The van der Waals surface area contributed by atoms with Crippen LogP contribution in [0.25, 0.3) is 0 Å². The Bertz CT molecular complexity index is 786. The monoisotopic (exact) mass is 306 g/mol. The van der Waals surface area contributed by atoms with Crippen LogP contribution in [0.2, 0.25) is 0 Å². The first kappa shape index (κ1) is 13.7. The van der Waals surface area contributed by atoms with Crippen LogP contribution in [0.15, 0.2) is 65.8 Å². The van der Waals surface area contributed by atoms with Gasteiger partial charge in [-0.15, -0.1) is 0 Å². The van der Waals surface area contributed by atoms with Crippen LogP contribution in [-0.4, -0.2) is 23.6 Å². The lowest BCUT2D eigenvalue weighted by Gasteiger charge is -2.15. The molecule has 2 heterocycles. The van der Waals surface area contributed by atoms with Gasteiger partial charge in [0.15, 0.2) is 0 Å². The van der Waals surface area contributed by atoms with Crippen molar-refractivity contribution in [2.75, 3.05) is 4.90 Å². The van der Waals surface area contributed by atoms with Crippen molar-refractivity contribution in [1.82, 2.24) is 0 Å². The Morgan fingerprint density at radius 1 is 0.913 bits per heavy atom. The maximum atomic E-state index is 12.7. The number of benzene rings is 2. The van der Waals surface area contributed by atoms with Gasteiger partial charge in [-0.1, -0.05) is 53.7 Å². The standard InChI is InChI=1S/C18H14N2O3/c21-17-15-14(11-12-7-3-1-4-8-12)19-23-16(15)18(22)20(17)13-9-5-2-6-10-13/h1-10,15-16H,11H2. The summed E-state index contributed by atoms with van der Waals surface area (Å²) in [5, 5.41) is 3.99. The lowest BCUT2D eigenvalue weighted by atomic mass is 9.94. The normalized spacial score (nSPS) is 22.8. The Morgan fingerprint density at radius 3 is 2.26 bits per heavy atom. The number of imide groups is 1. The van der Waals surface area contributed by atoms with Crippen molar-refractivity contribution in [3.8, 4) is 0 Å². The number of carbonyl (C=O) groups is 2. The summed E-state index contributed by atoms with van der Waals surface area (Å²) in [7, 11) is 0. The molecule has 2 aromatic rings. The van der Waals surface area contributed by atoms with Gasteiger partial charge in [-0.25, -0.2) is 4.90 Å². The molecule has 0 bridgehead atoms. The molecule has 2 unspecified atom stereocenters. The van der Waals surface area contributed by atoms with Crippen molar-refractivity contribution in [3.05, 3.63) is 66.2 Å². The Labute approximate surface area is 133 Å². The topological polar surface area (TPSA) is 59.0 Å². The number of para-hydroxylation sites is 1. The van der Waals surface area contributed by atoms with Gasteiger partial charge in [-0.05, 0) is 17.7 Å². The lowest BCUT2D eigenvalue weighted by Crippen LogP contribution is -2.33. The predicted molar refractivity (Wildman–Crippen MR) is 84.9 cm³/mol. The van der Waals surface area contributed by atoms with E-state index in [9.17, 15) is 9.59 Å². The van der Waals surface area contributed by atoms with Gasteiger partial charge in [0.2, 0.25) is 12.0 Å². The van der Waals surface area contributed by atoms with Gasteiger partial charge in [0.05, 0.1) is 11.4 Å². The van der Waals surface area contributed by atoms with Crippen LogP contribution in [0.5, 0.6) is 0 Å². The number of amides is 2. The number of rotatable bonds is 3. The Hall–Kier alpha value is -2.95. The average molecular weight is 306 g/mol. The summed E-state index contributed by atoms with van der Waals surface area (Å²) in [6.45, 7) is 0. The highest BCUT2D eigenvalue weighted by atomic mass is 16.6. The zero-order valence-corrected chi connectivity index (χ0v) is 12.3. The van der Waals surface area contributed by atoms with Crippen molar-refractivity contribution in [3.63, 3.8) is 0 Å². The van der Waals surface area contributed by atoms with Crippen molar-refractivity contribution in [2.45, 2.75) is 12.5 Å². The van der Waals surface area contributed by atoms with Gasteiger partial charge in [0.25, 0.3) is 5.91 Å². The number of fused-ring (bicyclic) bond motifs is 1. The molecule has 0 saturated carbocycles. The van der Waals surface area contributed by atoms with E-state index in [0.29, 0.717) is 17.8 Å². The number of hydrogen-bond donors (Lipinski definition) is 0. The second-order valence-corrected chi connectivity index (χ2v) is 5.60. The molecule has 0 radical (unpaired) electrons. The van der Waals surface area contributed by atoms with Crippen LogP contribution < -0.4 is 4.90 Å². The molecule has 0 aromatic heterocycles. The Balaban J connectivity index is 1.62. The average Bonchev–Trinajstić information content (AvgIpc) is 3.10. The molecule has 2 amide bonds. The highest BCUT2D eigenvalue weighted by Crippen LogP contribution is 2.33. The van der Waals surface area contributed by atoms with Gasteiger partial charge in [-0.2, -0.15) is 0 Å². The molecule has 4 rings (SSSR count). The summed E-state index contributed by atoms with van der Waals surface area (Å²) in [5.74, 6) is -1.24. The molecule has 5 nitrogen and oxygen atoms in total. The number of oxime groups is 1. The van der Waals surface area contributed by atoms with Crippen LogP contribution in [-0.2, 0) is 20.8 Å². The maximum Gasteiger partial charge on any atom is 0.278 e. The fraction of sp³-hybridized carbons (Fsp3) is 0.167. The smallest absolute Gasteiger partial charge is 0.278 e. The summed E-state index contributed by atoms with van der Waals surface area (Å²) in [6.07, 6.45) is -0.328. The van der Waals surface area contributed by atoms with Gasteiger partial charge < -0.3 is 4.84 Å². The van der Waals surface area contributed by atoms with Crippen molar-refractivity contribution >= 4 is 23.2 Å². The molecular weight excluding hydrogens is 292 g/mol. The van der Waals surface area contributed by atoms with Crippen molar-refractivity contribution in [1.29, 1.82) is 0 Å². The van der Waals surface area contributed by atoms with Crippen LogP contribution in [0.3, 0.4) is 0 Å². The Morgan fingerprint density at radius 2 is 1.57 bits per heavy atom. The lowest BCUT2D eigenvalue weighted by molar-refractivity contribution is -0.126. The molecule has 114 valence electrons. The molecule has 0 spiro atoms. The Kier molecular flexibility index (Phi) is 3.19. The van der Waals surface area contributed by atoms with Gasteiger partial charge >= 0.3 is 0 Å². The fourth-order valence-electron chi connectivity index (χ4n) is 3.03. The molecule has 2 aliphatic heterocycles. The van der Waals surface area contributed by atoms with E-state index in [1.54, 1.807) is 24.3 Å². The third-order valence-corrected chi connectivity index (χ3v) is 4.14. The summed E-state index contributed by atoms with van der Waals surface area (Å²) in [4.78, 5) is 31.7. The minimum atomic E-state index is -0.832. The third-order valence-electron chi connectivity index (χ3n) is 4.14. The molecule has 2 aromatic carbocycles. The van der Waals surface area contributed by atoms with E-state index < -0.39 is 12.0 Å². The van der Waals surface area contributed by atoms with E-state index in [4.69, 9.17) is 4.84 Å². The van der Waals surface area contributed by atoms with Crippen LogP contribution in [0, 0.1) is 5.92 Å². The number of nitrogens with zero attached hydrogens (tertiary/aromatic N) is 2. The third kappa shape index (κ3) is 2.21. The zero-order valence-electron chi connectivity index (χ0n) is 12.3. The molecule has 1 saturated heterocycles. The number of anilines is 1. The van der Waals surface area contributed by atoms with Crippen LogP contribution in [0.1, 0.15) is 5.56 Å². The van der Waals surface area contributed by atoms with Gasteiger partial charge in [-0.3, -0.25) is 9.59 Å². The highest BCUT2D eigenvalue weighted by molar-refractivity contribution is 6.30. The minimum absolute atomic E-state index is 0.265. The molecule has 0 N–H and O–H groups in total. The van der Waals surface area contributed by atoms with E-state index in [0.717, 1.165) is 5.56 Å². The summed E-state index contributed by atoms with van der Waals surface area (Å²) >= 11 is 0. The highest BCUT2D eigenvalue weighted by Gasteiger charge is 2.55. The van der Waals surface area contributed by atoms with Gasteiger partial charge in [0, 0.05) is 6.42 Å². The molecule has 0 aliphatic carbocycles. The van der Waals surface area contributed by atoms with Crippen molar-refractivity contribution in [2.24, 2.45) is 11.1 Å². The zero-order chi connectivity index (χ0) is 15.8. The van der Waals surface area contributed by atoms with E-state index >= 15 is 0 Å². The quantitative estimate of drug-likeness (QED) is 0.817. The molecular formula is C18H14N2O3. The first-order valence-corrected chi connectivity index (χ1v) is 7.45. The molecule has 2 aliphatic rings. The van der Waals surface area contributed by atoms with Gasteiger partial charge in [0.1, 0.15) is 5.92 Å². The molecule has 23 heavy (non-hydrogen) atoms. The second kappa shape index (κ2) is 5.35. The molecule has 5 heteroatoms.